The van der Waals surface area contributed by atoms with Gasteiger partial charge in [-0.3, -0.25) is 0 Å². The Morgan fingerprint density at radius 3 is 2.41 bits per heavy atom. The van der Waals surface area contributed by atoms with Gasteiger partial charge in [0, 0.05) is 6.04 Å². The van der Waals surface area contributed by atoms with E-state index >= 15 is 0 Å². The second kappa shape index (κ2) is 5.37. The molecule has 6 atom stereocenters. The van der Waals surface area contributed by atoms with Crippen LogP contribution in [-0.2, 0) is 0 Å². The van der Waals surface area contributed by atoms with Crippen molar-refractivity contribution in [1.82, 2.24) is 0 Å². The first kappa shape index (κ1) is 14.8. The van der Waals surface area contributed by atoms with Gasteiger partial charge >= 0.3 is 0 Å². The molecule has 1 saturated carbocycles. The van der Waals surface area contributed by atoms with Crippen LogP contribution in [0.4, 0.5) is 0 Å². The average molecular weight is 297 g/mol. The van der Waals surface area contributed by atoms with Gasteiger partial charge in [-0.2, -0.15) is 0 Å². The summed E-state index contributed by atoms with van der Waals surface area (Å²) in [6.07, 6.45) is 20.4. The smallest absolute Gasteiger partial charge is 0.0226 e. The predicted octanol–water partition coefficient (Wildman–Crippen LogP) is 4.85. The summed E-state index contributed by atoms with van der Waals surface area (Å²) in [4.78, 5) is 0. The van der Waals surface area contributed by atoms with Crippen LogP contribution in [0, 0.1) is 35.0 Å². The lowest BCUT2D eigenvalue weighted by Gasteiger charge is -2.39. The molecule has 4 aliphatic rings. The molecule has 0 aromatic heterocycles. The van der Waals surface area contributed by atoms with Crippen molar-refractivity contribution >= 4 is 0 Å². The summed E-state index contributed by atoms with van der Waals surface area (Å²) >= 11 is 0. The summed E-state index contributed by atoms with van der Waals surface area (Å²) in [5, 5.41) is 0. The fourth-order valence-electron chi connectivity index (χ4n) is 5.98. The van der Waals surface area contributed by atoms with Crippen molar-refractivity contribution in [3.05, 3.63) is 36.0 Å². The topological polar surface area (TPSA) is 26.0 Å². The second-order valence-electron chi connectivity index (χ2n) is 8.73. The fourth-order valence-corrected chi connectivity index (χ4v) is 5.98. The van der Waals surface area contributed by atoms with Crippen molar-refractivity contribution < 1.29 is 0 Å². The van der Waals surface area contributed by atoms with Crippen LogP contribution < -0.4 is 5.73 Å². The van der Waals surface area contributed by atoms with Gasteiger partial charge in [0.15, 0.2) is 0 Å². The Morgan fingerprint density at radius 1 is 0.955 bits per heavy atom. The summed E-state index contributed by atoms with van der Waals surface area (Å²) in [7, 11) is 0. The maximum Gasteiger partial charge on any atom is 0.0226 e. The maximum absolute atomic E-state index is 6.23. The summed E-state index contributed by atoms with van der Waals surface area (Å²) < 4.78 is 0. The lowest BCUT2D eigenvalue weighted by atomic mass is 9.66. The molecule has 0 aliphatic heterocycles. The zero-order valence-corrected chi connectivity index (χ0v) is 14.2. The van der Waals surface area contributed by atoms with Crippen molar-refractivity contribution in [2.75, 3.05) is 0 Å². The molecule has 4 rings (SSSR count). The van der Waals surface area contributed by atoms with Gasteiger partial charge in [-0.25, -0.2) is 0 Å². The standard InChI is InChI=1S/C21H31N/c1-21(2)19-12-15(14-6-4-3-5-7-14)8-10-17(19)18-11-9-16(22)13-20(18)21/h6,8-11,15-20H,3-5,7,12-13,22H2,1-2H3. The Morgan fingerprint density at radius 2 is 1.68 bits per heavy atom. The SMILES string of the molecule is CC1(C)C2CC(N)C=CC2C2C=CC(C3=CCCCC3)CC21. The molecule has 1 fully saturated rings. The molecular weight excluding hydrogens is 266 g/mol. The molecule has 0 saturated heterocycles. The Kier molecular flexibility index (Phi) is 3.60. The lowest BCUT2D eigenvalue weighted by molar-refractivity contribution is 0.140. The van der Waals surface area contributed by atoms with Gasteiger partial charge < -0.3 is 5.73 Å². The highest BCUT2D eigenvalue weighted by atomic mass is 14.7. The van der Waals surface area contributed by atoms with Crippen LogP contribution >= 0.6 is 0 Å². The number of nitrogens with two attached hydrogens (primary N) is 1. The van der Waals surface area contributed by atoms with Crippen LogP contribution in [-0.4, -0.2) is 6.04 Å². The molecule has 1 nitrogen and oxygen atoms in total. The Hall–Kier alpha value is -0.820. The van der Waals surface area contributed by atoms with Gasteiger partial charge in [0.1, 0.15) is 0 Å². The highest BCUT2D eigenvalue weighted by Gasteiger charge is 2.55. The third kappa shape index (κ3) is 2.24. The van der Waals surface area contributed by atoms with Gasteiger partial charge in [-0.15, -0.1) is 0 Å². The molecule has 1 heteroatoms. The Labute approximate surface area is 135 Å². The van der Waals surface area contributed by atoms with Crippen LogP contribution in [0.1, 0.15) is 52.4 Å². The molecule has 0 aromatic carbocycles. The van der Waals surface area contributed by atoms with Crippen LogP contribution in [0.25, 0.3) is 0 Å². The largest absolute Gasteiger partial charge is 0.324 e. The molecule has 0 aromatic rings. The number of fused-ring (bicyclic) bond motifs is 3. The van der Waals surface area contributed by atoms with Crippen molar-refractivity contribution in [2.24, 2.45) is 40.7 Å². The van der Waals surface area contributed by atoms with Gasteiger partial charge in [0.25, 0.3) is 0 Å². The third-order valence-corrected chi connectivity index (χ3v) is 7.27. The summed E-state index contributed by atoms with van der Waals surface area (Å²) in [5.41, 5.74) is 8.39. The quantitative estimate of drug-likeness (QED) is 0.688. The number of allylic oxidation sites excluding steroid dienone is 5. The molecule has 120 valence electrons. The van der Waals surface area contributed by atoms with Crippen LogP contribution in [0.15, 0.2) is 36.0 Å². The Bertz CT molecular complexity index is 524. The van der Waals surface area contributed by atoms with E-state index in [9.17, 15) is 0 Å². The summed E-state index contributed by atoms with van der Waals surface area (Å²) in [6, 6.07) is 0.279. The van der Waals surface area contributed by atoms with Crippen LogP contribution in [0.3, 0.4) is 0 Å². The molecule has 22 heavy (non-hydrogen) atoms. The minimum Gasteiger partial charge on any atom is -0.324 e. The molecule has 0 bridgehead atoms. The molecule has 6 unspecified atom stereocenters. The zero-order chi connectivity index (χ0) is 15.3. The normalized spacial score (nSPS) is 46.0. The van der Waals surface area contributed by atoms with Crippen molar-refractivity contribution in [1.29, 1.82) is 0 Å². The first-order valence-corrected chi connectivity index (χ1v) is 9.38. The van der Waals surface area contributed by atoms with Crippen molar-refractivity contribution in [2.45, 2.75) is 58.4 Å². The van der Waals surface area contributed by atoms with Crippen molar-refractivity contribution in [3.63, 3.8) is 0 Å². The number of rotatable bonds is 1. The molecule has 4 aliphatic carbocycles. The van der Waals surface area contributed by atoms with Gasteiger partial charge in [-0.1, -0.05) is 49.8 Å². The second-order valence-corrected chi connectivity index (χ2v) is 8.73. The van der Waals surface area contributed by atoms with E-state index in [1.165, 1.54) is 38.5 Å². The van der Waals surface area contributed by atoms with E-state index in [-0.39, 0.29) is 6.04 Å². The van der Waals surface area contributed by atoms with Gasteiger partial charge in [0.05, 0.1) is 0 Å². The minimum absolute atomic E-state index is 0.279. The van der Waals surface area contributed by atoms with E-state index in [0.29, 0.717) is 5.41 Å². The Balaban J connectivity index is 1.62. The van der Waals surface area contributed by atoms with E-state index in [1.54, 1.807) is 5.57 Å². The fraction of sp³-hybridized carbons (Fsp3) is 0.714. The lowest BCUT2D eigenvalue weighted by Crippen LogP contribution is -2.35. The van der Waals surface area contributed by atoms with Crippen molar-refractivity contribution in [3.8, 4) is 0 Å². The van der Waals surface area contributed by atoms with E-state index in [0.717, 1.165) is 29.6 Å². The van der Waals surface area contributed by atoms with E-state index in [1.807, 2.05) is 0 Å². The molecule has 2 N–H and O–H groups in total. The van der Waals surface area contributed by atoms with E-state index in [2.05, 4.69) is 44.2 Å². The van der Waals surface area contributed by atoms with Gasteiger partial charge in [-0.05, 0) is 73.5 Å². The summed E-state index contributed by atoms with van der Waals surface area (Å²) in [6.45, 7) is 5.04. The van der Waals surface area contributed by atoms with E-state index < -0.39 is 0 Å². The number of hydrogen-bond acceptors (Lipinski definition) is 1. The average Bonchev–Trinajstić information content (AvgIpc) is 2.76. The predicted molar refractivity (Wildman–Crippen MR) is 93.3 cm³/mol. The molecule has 0 heterocycles. The first-order valence-electron chi connectivity index (χ1n) is 9.38. The summed E-state index contributed by atoms with van der Waals surface area (Å²) in [5.74, 6) is 3.81. The highest BCUT2D eigenvalue weighted by molar-refractivity contribution is 5.25. The first-order chi connectivity index (χ1) is 10.6. The molecule has 0 amide bonds. The number of hydrogen-bond donors (Lipinski definition) is 1. The molecular formula is C21H31N. The maximum atomic E-state index is 6.23. The molecule has 0 radical (unpaired) electrons. The highest BCUT2D eigenvalue weighted by Crippen LogP contribution is 2.61. The minimum atomic E-state index is 0.279. The van der Waals surface area contributed by atoms with Crippen LogP contribution in [0.2, 0.25) is 0 Å². The monoisotopic (exact) mass is 297 g/mol. The zero-order valence-electron chi connectivity index (χ0n) is 14.2. The van der Waals surface area contributed by atoms with Crippen LogP contribution in [0.5, 0.6) is 0 Å². The third-order valence-electron chi connectivity index (χ3n) is 7.27. The van der Waals surface area contributed by atoms with E-state index in [4.69, 9.17) is 5.73 Å². The molecule has 0 spiro atoms. The van der Waals surface area contributed by atoms with Gasteiger partial charge in [0.2, 0.25) is 0 Å².